The zero-order valence-corrected chi connectivity index (χ0v) is 11.5. The van der Waals surface area contributed by atoms with Crippen molar-refractivity contribution in [1.82, 2.24) is 5.32 Å². The van der Waals surface area contributed by atoms with Crippen molar-refractivity contribution in [3.05, 3.63) is 22.7 Å². The van der Waals surface area contributed by atoms with Gasteiger partial charge in [0.2, 0.25) is 0 Å². The summed E-state index contributed by atoms with van der Waals surface area (Å²) in [6, 6.07) is 3.79. The van der Waals surface area contributed by atoms with Crippen LogP contribution in [0.3, 0.4) is 0 Å². The quantitative estimate of drug-likeness (QED) is 0.609. The summed E-state index contributed by atoms with van der Waals surface area (Å²) < 4.78 is 10.8. The second kappa shape index (κ2) is 7.86. The number of hydrogen-bond acceptors (Lipinski definition) is 3. The minimum absolute atomic E-state index is 0.430. The van der Waals surface area contributed by atoms with Gasteiger partial charge in [0.25, 0.3) is 0 Å². The number of rotatable bonds is 7. The van der Waals surface area contributed by atoms with Crippen molar-refractivity contribution in [2.75, 3.05) is 20.3 Å². The van der Waals surface area contributed by atoms with E-state index in [4.69, 9.17) is 27.5 Å². The summed E-state index contributed by atoms with van der Waals surface area (Å²) in [6.07, 6.45) is 5.72. The van der Waals surface area contributed by atoms with E-state index in [9.17, 15) is 0 Å². The number of ether oxygens (including phenoxy) is 2. The number of terminal acetylenes is 1. The lowest BCUT2D eigenvalue weighted by molar-refractivity contribution is 0.301. The average Bonchev–Trinajstić information content (AvgIpc) is 2.38. The van der Waals surface area contributed by atoms with Crippen molar-refractivity contribution in [2.45, 2.75) is 19.9 Å². The molecule has 0 atom stereocenters. The Bertz CT molecular complexity index is 427. The molecule has 0 fully saturated rings. The molecule has 98 valence electrons. The van der Waals surface area contributed by atoms with Gasteiger partial charge in [-0.15, -0.1) is 12.3 Å². The Morgan fingerprint density at radius 2 is 2.22 bits per heavy atom. The molecule has 0 unspecified atom stereocenters. The van der Waals surface area contributed by atoms with Gasteiger partial charge in [-0.05, 0) is 24.2 Å². The molecule has 0 saturated carbocycles. The summed E-state index contributed by atoms with van der Waals surface area (Å²) in [4.78, 5) is 0. The van der Waals surface area contributed by atoms with Crippen molar-refractivity contribution in [3.8, 4) is 23.8 Å². The van der Waals surface area contributed by atoms with Gasteiger partial charge >= 0.3 is 0 Å². The molecule has 0 heterocycles. The van der Waals surface area contributed by atoms with Crippen LogP contribution >= 0.6 is 11.6 Å². The molecule has 1 N–H and O–H groups in total. The van der Waals surface area contributed by atoms with Crippen LogP contribution in [0.5, 0.6) is 11.5 Å². The Hall–Kier alpha value is -1.37. The molecule has 0 aliphatic rings. The third-order valence-corrected chi connectivity index (χ3v) is 2.64. The Balaban J connectivity index is 2.86. The van der Waals surface area contributed by atoms with Gasteiger partial charge in [0.1, 0.15) is 0 Å². The minimum atomic E-state index is 0.430. The summed E-state index contributed by atoms with van der Waals surface area (Å²) >= 11 is 6.19. The van der Waals surface area contributed by atoms with Crippen LogP contribution < -0.4 is 14.8 Å². The summed E-state index contributed by atoms with van der Waals surface area (Å²) in [6.45, 7) is 4.13. The van der Waals surface area contributed by atoms with Gasteiger partial charge in [-0.3, -0.25) is 0 Å². The predicted octanol–water partition coefficient (Wildman–Crippen LogP) is 2.86. The second-order valence-electron chi connectivity index (χ2n) is 3.69. The fourth-order valence-corrected chi connectivity index (χ4v) is 1.78. The van der Waals surface area contributed by atoms with E-state index in [1.165, 1.54) is 0 Å². The van der Waals surface area contributed by atoms with Crippen LogP contribution in [-0.2, 0) is 6.54 Å². The van der Waals surface area contributed by atoms with Gasteiger partial charge in [0.05, 0.1) is 18.7 Å². The maximum absolute atomic E-state index is 6.19. The molecule has 1 rings (SSSR count). The second-order valence-corrected chi connectivity index (χ2v) is 4.10. The maximum Gasteiger partial charge on any atom is 0.179 e. The monoisotopic (exact) mass is 267 g/mol. The topological polar surface area (TPSA) is 30.5 Å². The molecule has 0 spiro atoms. The van der Waals surface area contributed by atoms with E-state index in [1.807, 2.05) is 12.1 Å². The van der Waals surface area contributed by atoms with Crippen LogP contribution in [0.2, 0.25) is 5.02 Å². The van der Waals surface area contributed by atoms with Crippen LogP contribution in [0, 0.1) is 12.3 Å². The maximum atomic E-state index is 6.19. The average molecular weight is 268 g/mol. The highest BCUT2D eigenvalue weighted by molar-refractivity contribution is 6.32. The zero-order valence-electron chi connectivity index (χ0n) is 10.8. The zero-order chi connectivity index (χ0) is 13.4. The molecule has 0 amide bonds. The first-order valence-corrected chi connectivity index (χ1v) is 6.24. The first-order valence-electron chi connectivity index (χ1n) is 5.86. The van der Waals surface area contributed by atoms with Crippen molar-refractivity contribution < 1.29 is 9.47 Å². The molecule has 0 aromatic heterocycles. The van der Waals surface area contributed by atoms with Gasteiger partial charge in [-0.1, -0.05) is 18.5 Å². The standard InChI is InChI=1S/C14H18ClNO2/c1-4-6-7-18-14-12(15)8-11(10-16-5-2)9-13(14)17-3/h1,8-9,16H,5-7,10H2,2-3H3. The molecule has 4 heteroatoms. The largest absolute Gasteiger partial charge is 0.493 e. The van der Waals surface area contributed by atoms with E-state index in [1.54, 1.807) is 7.11 Å². The fraction of sp³-hybridized carbons (Fsp3) is 0.429. The van der Waals surface area contributed by atoms with Crippen LogP contribution in [-0.4, -0.2) is 20.3 Å². The summed E-state index contributed by atoms with van der Waals surface area (Å²) in [5.74, 6) is 3.70. The number of methoxy groups -OCH3 is 1. The molecule has 0 aliphatic heterocycles. The lowest BCUT2D eigenvalue weighted by Crippen LogP contribution is -2.12. The Labute approximate surface area is 113 Å². The highest BCUT2D eigenvalue weighted by Crippen LogP contribution is 2.36. The smallest absolute Gasteiger partial charge is 0.179 e. The molecule has 18 heavy (non-hydrogen) atoms. The third kappa shape index (κ3) is 4.14. The van der Waals surface area contributed by atoms with Crippen LogP contribution in [0.1, 0.15) is 18.9 Å². The molecule has 0 aliphatic carbocycles. The first-order chi connectivity index (χ1) is 8.72. The molecule has 1 aromatic carbocycles. The van der Waals surface area contributed by atoms with Crippen molar-refractivity contribution in [1.29, 1.82) is 0 Å². The lowest BCUT2D eigenvalue weighted by atomic mass is 10.2. The summed E-state index contributed by atoms with van der Waals surface area (Å²) in [7, 11) is 1.59. The highest BCUT2D eigenvalue weighted by atomic mass is 35.5. The van der Waals surface area contributed by atoms with E-state index in [0.717, 1.165) is 18.7 Å². The fourth-order valence-electron chi connectivity index (χ4n) is 1.50. The molecule has 0 radical (unpaired) electrons. The Morgan fingerprint density at radius 1 is 1.44 bits per heavy atom. The van der Waals surface area contributed by atoms with Gasteiger partial charge in [0, 0.05) is 13.0 Å². The number of hydrogen-bond donors (Lipinski definition) is 1. The highest BCUT2D eigenvalue weighted by Gasteiger charge is 2.11. The number of halogens is 1. The van der Waals surface area contributed by atoms with Gasteiger partial charge < -0.3 is 14.8 Å². The van der Waals surface area contributed by atoms with Gasteiger partial charge in [-0.25, -0.2) is 0 Å². The third-order valence-electron chi connectivity index (χ3n) is 2.36. The molecule has 0 saturated heterocycles. The van der Waals surface area contributed by atoms with Crippen molar-refractivity contribution in [2.24, 2.45) is 0 Å². The van der Waals surface area contributed by atoms with E-state index in [2.05, 4.69) is 18.2 Å². The van der Waals surface area contributed by atoms with Crippen molar-refractivity contribution in [3.63, 3.8) is 0 Å². The van der Waals surface area contributed by atoms with Gasteiger partial charge in [0.15, 0.2) is 11.5 Å². The van der Waals surface area contributed by atoms with E-state index in [0.29, 0.717) is 29.5 Å². The Morgan fingerprint density at radius 3 is 2.83 bits per heavy atom. The van der Waals surface area contributed by atoms with Crippen LogP contribution in [0.15, 0.2) is 12.1 Å². The first kappa shape index (κ1) is 14.7. The Kier molecular flexibility index (Phi) is 6.42. The predicted molar refractivity (Wildman–Crippen MR) is 74.3 cm³/mol. The molecule has 1 aromatic rings. The summed E-state index contributed by atoms with van der Waals surface area (Å²) in [5.41, 5.74) is 1.06. The lowest BCUT2D eigenvalue weighted by Gasteiger charge is -2.13. The van der Waals surface area contributed by atoms with Gasteiger partial charge in [-0.2, -0.15) is 0 Å². The minimum Gasteiger partial charge on any atom is -0.493 e. The molecule has 0 bridgehead atoms. The van der Waals surface area contributed by atoms with E-state index in [-0.39, 0.29) is 0 Å². The SMILES string of the molecule is C#CCCOc1c(Cl)cc(CNCC)cc1OC. The molecular weight excluding hydrogens is 250 g/mol. The van der Waals surface area contributed by atoms with Crippen LogP contribution in [0.25, 0.3) is 0 Å². The number of nitrogens with one attached hydrogen (secondary N) is 1. The van der Waals surface area contributed by atoms with E-state index < -0.39 is 0 Å². The van der Waals surface area contributed by atoms with E-state index >= 15 is 0 Å². The number of benzene rings is 1. The summed E-state index contributed by atoms with van der Waals surface area (Å²) in [5, 5.41) is 3.77. The molecular formula is C14H18ClNO2. The van der Waals surface area contributed by atoms with Crippen LogP contribution in [0.4, 0.5) is 0 Å². The molecule has 3 nitrogen and oxygen atoms in total. The van der Waals surface area contributed by atoms with Crippen molar-refractivity contribution >= 4 is 11.6 Å². The normalized spacial score (nSPS) is 9.89.